The van der Waals surface area contributed by atoms with Crippen molar-refractivity contribution in [1.82, 2.24) is 9.55 Å². The molecule has 0 saturated heterocycles. The SMILES string of the molecule is CCC(N)c1nc2ccsc2c(=O)n1-c1cccc(OC)c1. The average Bonchev–Trinajstić information content (AvgIpc) is 3.03. The van der Waals surface area contributed by atoms with Gasteiger partial charge in [-0.25, -0.2) is 4.98 Å². The first-order chi connectivity index (χ1) is 10.7. The minimum Gasteiger partial charge on any atom is -0.497 e. The molecule has 0 fully saturated rings. The molecule has 1 aromatic carbocycles. The van der Waals surface area contributed by atoms with Gasteiger partial charge in [0, 0.05) is 6.07 Å². The Morgan fingerprint density at radius 1 is 1.41 bits per heavy atom. The summed E-state index contributed by atoms with van der Waals surface area (Å²) in [5, 5.41) is 1.87. The summed E-state index contributed by atoms with van der Waals surface area (Å²) in [5.74, 6) is 1.26. The number of rotatable bonds is 4. The van der Waals surface area contributed by atoms with Gasteiger partial charge in [-0.2, -0.15) is 0 Å². The van der Waals surface area contributed by atoms with Crippen LogP contribution in [0.2, 0.25) is 0 Å². The lowest BCUT2D eigenvalue weighted by atomic mass is 10.2. The molecule has 2 heterocycles. The number of thiophene rings is 1. The molecule has 0 amide bonds. The summed E-state index contributed by atoms with van der Waals surface area (Å²) in [6.45, 7) is 1.98. The van der Waals surface area contributed by atoms with E-state index in [4.69, 9.17) is 10.5 Å². The van der Waals surface area contributed by atoms with E-state index in [0.717, 1.165) is 0 Å². The second-order valence-electron chi connectivity index (χ2n) is 4.96. The van der Waals surface area contributed by atoms with Crippen molar-refractivity contribution in [1.29, 1.82) is 0 Å². The first kappa shape index (κ1) is 14.7. The van der Waals surface area contributed by atoms with Crippen LogP contribution < -0.4 is 16.0 Å². The zero-order valence-electron chi connectivity index (χ0n) is 12.4. The van der Waals surface area contributed by atoms with Gasteiger partial charge in [0.2, 0.25) is 0 Å². The van der Waals surface area contributed by atoms with Crippen LogP contribution in [-0.4, -0.2) is 16.7 Å². The van der Waals surface area contributed by atoms with E-state index in [2.05, 4.69) is 4.98 Å². The quantitative estimate of drug-likeness (QED) is 0.803. The number of nitrogens with two attached hydrogens (primary N) is 1. The van der Waals surface area contributed by atoms with Gasteiger partial charge in [-0.15, -0.1) is 11.3 Å². The molecule has 0 saturated carbocycles. The Balaban J connectivity index is 2.34. The van der Waals surface area contributed by atoms with Crippen LogP contribution in [0, 0.1) is 0 Å². The van der Waals surface area contributed by atoms with Crippen LogP contribution in [0.15, 0.2) is 40.5 Å². The van der Waals surface area contributed by atoms with Gasteiger partial charge in [0.1, 0.15) is 16.3 Å². The Hall–Kier alpha value is -2.18. The fraction of sp³-hybridized carbons (Fsp3) is 0.250. The molecule has 1 unspecified atom stereocenters. The molecular weight excluding hydrogens is 298 g/mol. The van der Waals surface area contributed by atoms with Gasteiger partial charge in [-0.3, -0.25) is 9.36 Å². The average molecular weight is 315 g/mol. The Kier molecular flexibility index (Phi) is 3.96. The van der Waals surface area contributed by atoms with Crippen molar-refractivity contribution in [3.8, 4) is 11.4 Å². The summed E-state index contributed by atoms with van der Waals surface area (Å²) in [7, 11) is 1.60. The van der Waals surface area contributed by atoms with Gasteiger partial charge in [0.05, 0.1) is 24.4 Å². The molecule has 1 atom stereocenters. The highest BCUT2D eigenvalue weighted by atomic mass is 32.1. The highest BCUT2D eigenvalue weighted by molar-refractivity contribution is 7.17. The van der Waals surface area contributed by atoms with E-state index in [1.54, 1.807) is 11.7 Å². The third-order valence-corrected chi connectivity index (χ3v) is 4.48. The van der Waals surface area contributed by atoms with Crippen molar-refractivity contribution in [2.75, 3.05) is 7.11 Å². The lowest BCUT2D eigenvalue weighted by Gasteiger charge is -2.17. The molecule has 6 heteroatoms. The maximum Gasteiger partial charge on any atom is 0.276 e. The number of methoxy groups -OCH3 is 1. The molecule has 0 aliphatic heterocycles. The number of nitrogens with zero attached hydrogens (tertiary/aromatic N) is 2. The highest BCUT2D eigenvalue weighted by Crippen LogP contribution is 2.23. The summed E-state index contributed by atoms with van der Waals surface area (Å²) < 4.78 is 7.48. The Labute approximate surface area is 132 Å². The van der Waals surface area contributed by atoms with Crippen molar-refractivity contribution in [3.63, 3.8) is 0 Å². The Morgan fingerprint density at radius 2 is 2.23 bits per heavy atom. The molecule has 0 bridgehead atoms. The Bertz CT molecular complexity index is 869. The molecule has 5 nitrogen and oxygen atoms in total. The minimum absolute atomic E-state index is 0.0906. The monoisotopic (exact) mass is 315 g/mol. The Morgan fingerprint density at radius 3 is 2.95 bits per heavy atom. The van der Waals surface area contributed by atoms with Crippen molar-refractivity contribution in [2.45, 2.75) is 19.4 Å². The normalized spacial score (nSPS) is 12.5. The van der Waals surface area contributed by atoms with Crippen LogP contribution in [0.3, 0.4) is 0 Å². The molecule has 0 aliphatic rings. The summed E-state index contributed by atoms with van der Waals surface area (Å²) in [6.07, 6.45) is 0.700. The molecule has 0 spiro atoms. The van der Waals surface area contributed by atoms with Crippen LogP contribution in [0.5, 0.6) is 5.75 Å². The zero-order valence-corrected chi connectivity index (χ0v) is 13.3. The standard InChI is InChI=1S/C16H17N3O2S/c1-3-12(17)15-18-13-7-8-22-14(13)16(20)19(15)10-5-4-6-11(9-10)21-2/h4-9,12H,3,17H2,1-2H3. The molecule has 2 N–H and O–H groups in total. The number of ether oxygens (including phenoxy) is 1. The van der Waals surface area contributed by atoms with Gasteiger partial charge in [0.15, 0.2) is 0 Å². The molecule has 0 radical (unpaired) electrons. The third-order valence-electron chi connectivity index (χ3n) is 3.59. The summed E-state index contributed by atoms with van der Waals surface area (Å²) in [6, 6.07) is 8.91. The predicted molar refractivity (Wildman–Crippen MR) is 89.0 cm³/mol. The smallest absolute Gasteiger partial charge is 0.276 e. The van der Waals surface area contributed by atoms with Gasteiger partial charge in [-0.1, -0.05) is 13.0 Å². The number of fused-ring (bicyclic) bond motifs is 1. The third kappa shape index (κ3) is 2.40. The van der Waals surface area contributed by atoms with Crippen LogP contribution in [0.1, 0.15) is 25.2 Å². The second kappa shape index (κ2) is 5.90. The maximum atomic E-state index is 12.9. The predicted octanol–water partition coefficient (Wildman–Crippen LogP) is 2.87. The fourth-order valence-corrected chi connectivity index (χ4v) is 3.12. The van der Waals surface area contributed by atoms with E-state index < -0.39 is 0 Å². The van der Waals surface area contributed by atoms with Gasteiger partial charge in [0.25, 0.3) is 5.56 Å². The molecule has 2 aromatic heterocycles. The molecule has 3 rings (SSSR count). The van der Waals surface area contributed by atoms with Crippen molar-refractivity contribution in [3.05, 3.63) is 51.9 Å². The zero-order chi connectivity index (χ0) is 15.7. The molecule has 22 heavy (non-hydrogen) atoms. The van der Waals surface area contributed by atoms with Crippen molar-refractivity contribution in [2.24, 2.45) is 5.73 Å². The summed E-state index contributed by atoms with van der Waals surface area (Å²) >= 11 is 1.39. The van der Waals surface area contributed by atoms with Crippen LogP contribution in [0.25, 0.3) is 15.9 Å². The first-order valence-electron chi connectivity index (χ1n) is 7.06. The van der Waals surface area contributed by atoms with E-state index >= 15 is 0 Å². The van der Waals surface area contributed by atoms with Crippen molar-refractivity contribution >= 4 is 21.6 Å². The van der Waals surface area contributed by atoms with E-state index in [9.17, 15) is 4.79 Å². The van der Waals surface area contributed by atoms with Crippen molar-refractivity contribution < 1.29 is 4.74 Å². The number of benzene rings is 1. The van der Waals surface area contributed by atoms with Crippen LogP contribution >= 0.6 is 11.3 Å². The fourth-order valence-electron chi connectivity index (χ4n) is 2.36. The maximum absolute atomic E-state index is 12.9. The molecular formula is C16H17N3O2S. The molecule has 3 aromatic rings. The summed E-state index contributed by atoms with van der Waals surface area (Å²) in [4.78, 5) is 17.5. The second-order valence-corrected chi connectivity index (χ2v) is 5.88. The highest BCUT2D eigenvalue weighted by Gasteiger charge is 2.18. The van der Waals surface area contributed by atoms with E-state index in [1.807, 2.05) is 42.6 Å². The number of hydrogen-bond acceptors (Lipinski definition) is 5. The minimum atomic E-state index is -0.303. The van der Waals surface area contributed by atoms with E-state index in [1.165, 1.54) is 11.3 Å². The lowest BCUT2D eigenvalue weighted by Crippen LogP contribution is -2.27. The molecule has 114 valence electrons. The summed E-state index contributed by atoms with van der Waals surface area (Å²) in [5.41, 5.74) is 7.51. The number of hydrogen-bond donors (Lipinski definition) is 1. The molecule has 0 aliphatic carbocycles. The van der Waals surface area contributed by atoms with E-state index in [0.29, 0.717) is 33.9 Å². The van der Waals surface area contributed by atoms with Crippen LogP contribution in [0.4, 0.5) is 0 Å². The van der Waals surface area contributed by atoms with Crippen LogP contribution in [-0.2, 0) is 0 Å². The topological polar surface area (TPSA) is 70.1 Å². The first-order valence-corrected chi connectivity index (χ1v) is 7.93. The lowest BCUT2D eigenvalue weighted by molar-refractivity contribution is 0.414. The van der Waals surface area contributed by atoms with Gasteiger partial charge >= 0.3 is 0 Å². The number of aromatic nitrogens is 2. The largest absolute Gasteiger partial charge is 0.497 e. The van der Waals surface area contributed by atoms with Gasteiger partial charge in [-0.05, 0) is 30.0 Å². The van der Waals surface area contributed by atoms with E-state index in [-0.39, 0.29) is 11.6 Å². The van der Waals surface area contributed by atoms with Gasteiger partial charge < -0.3 is 10.5 Å².